The van der Waals surface area contributed by atoms with Gasteiger partial charge in [0.05, 0.1) is 6.61 Å². The summed E-state index contributed by atoms with van der Waals surface area (Å²) in [4.78, 5) is 35.1. The minimum absolute atomic E-state index is 0.101. The Hall–Kier alpha value is -1.39. The van der Waals surface area contributed by atoms with Crippen molar-refractivity contribution in [2.24, 2.45) is 11.8 Å². The van der Waals surface area contributed by atoms with Gasteiger partial charge in [0.1, 0.15) is 11.5 Å². The van der Waals surface area contributed by atoms with Crippen LogP contribution >= 0.6 is 0 Å². The number of Topliss-reactive ketones (excluding diaryl/α,β-unsaturated/α-hetero) is 1. The molecule has 0 aliphatic rings. The number of ether oxygens (including phenoxy) is 2. The van der Waals surface area contributed by atoms with Crippen LogP contribution < -0.4 is 0 Å². The molecule has 0 spiro atoms. The highest BCUT2D eigenvalue weighted by molar-refractivity contribution is 6.38. The van der Waals surface area contributed by atoms with E-state index in [4.69, 9.17) is 4.74 Å². The zero-order valence-corrected chi connectivity index (χ0v) is 11.9. The molecule has 0 aliphatic heterocycles. The lowest BCUT2D eigenvalue weighted by molar-refractivity contribution is -0.169. The van der Waals surface area contributed by atoms with E-state index in [0.29, 0.717) is 0 Å². The third kappa shape index (κ3) is 5.29. The Morgan fingerprint density at radius 2 is 1.61 bits per heavy atom. The van der Waals surface area contributed by atoms with Crippen LogP contribution in [0.5, 0.6) is 0 Å². The summed E-state index contributed by atoms with van der Waals surface area (Å²) < 4.78 is 9.76. The molecule has 0 N–H and O–H groups in total. The maximum absolute atomic E-state index is 11.9. The molecule has 18 heavy (non-hydrogen) atoms. The molecule has 0 aromatic rings. The van der Waals surface area contributed by atoms with E-state index in [1.165, 1.54) is 0 Å². The lowest BCUT2D eigenvalue weighted by Gasteiger charge is -2.24. The predicted molar refractivity (Wildman–Crippen MR) is 65.8 cm³/mol. The third-order valence-corrected chi connectivity index (χ3v) is 2.09. The highest BCUT2D eigenvalue weighted by atomic mass is 16.6. The number of ketones is 1. The van der Waals surface area contributed by atoms with E-state index < -0.39 is 29.2 Å². The first kappa shape index (κ1) is 16.6. The molecular formula is C13H22O5. The van der Waals surface area contributed by atoms with Gasteiger partial charge < -0.3 is 9.47 Å². The summed E-state index contributed by atoms with van der Waals surface area (Å²) in [5.74, 6) is -3.95. The maximum atomic E-state index is 11.9. The van der Waals surface area contributed by atoms with Crippen LogP contribution in [0, 0.1) is 11.8 Å². The summed E-state index contributed by atoms with van der Waals surface area (Å²) in [5.41, 5.74) is -0.695. The molecule has 0 bridgehead atoms. The van der Waals surface area contributed by atoms with Crippen molar-refractivity contribution in [3.05, 3.63) is 0 Å². The molecule has 5 nitrogen and oxygen atoms in total. The Morgan fingerprint density at radius 3 is 1.94 bits per heavy atom. The van der Waals surface area contributed by atoms with Crippen molar-refractivity contribution in [2.45, 2.75) is 47.1 Å². The largest absolute Gasteiger partial charge is 0.460 e. The first-order valence-corrected chi connectivity index (χ1v) is 6.04. The van der Waals surface area contributed by atoms with Crippen molar-refractivity contribution in [1.82, 2.24) is 0 Å². The summed E-state index contributed by atoms with van der Waals surface area (Å²) in [7, 11) is 0. The number of hydrogen-bond donors (Lipinski definition) is 0. The summed E-state index contributed by atoms with van der Waals surface area (Å²) in [6, 6.07) is 0. The minimum Gasteiger partial charge on any atom is -0.460 e. The summed E-state index contributed by atoms with van der Waals surface area (Å²) in [5, 5.41) is 0. The van der Waals surface area contributed by atoms with Crippen molar-refractivity contribution in [2.75, 3.05) is 6.61 Å². The molecule has 0 saturated carbocycles. The van der Waals surface area contributed by atoms with E-state index in [9.17, 15) is 14.4 Å². The molecule has 0 aromatic heterocycles. The molecule has 0 amide bonds. The van der Waals surface area contributed by atoms with Crippen LogP contribution in [-0.2, 0) is 23.9 Å². The van der Waals surface area contributed by atoms with Gasteiger partial charge in [0.15, 0.2) is 0 Å². The first-order valence-electron chi connectivity index (χ1n) is 6.04. The molecule has 0 radical (unpaired) electrons. The topological polar surface area (TPSA) is 69.7 Å². The van der Waals surface area contributed by atoms with E-state index in [1.807, 2.05) is 0 Å². The molecule has 0 heterocycles. The Kier molecular flexibility index (Phi) is 6.01. The van der Waals surface area contributed by atoms with Gasteiger partial charge in [0.2, 0.25) is 0 Å². The van der Waals surface area contributed by atoms with Crippen LogP contribution in [-0.4, -0.2) is 29.9 Å². The monoisotopic (exact) mass is 258 g/mol. The van der Waals surface area contributed by atoms with E-state index in [2.05, 4.69) is 4.74 Å². The lowest BCUT2D eigenvalue weighted by Crippen LogP contribution is -2.39. The SMILES string of the molecule is CCOC(=O)C(=O)C(C(=O)OC(C)(C)C)C(C)C. The van der Waals surface area contributed by atoms with Gasteiger partial charge in [0, 0.05) is 0 Å². The average molecular weight is 258 g/mol. The molecule has 1 unspecified atom stereocenters. The first-order chi connectivity index (χ1) is 8.10. The number of rotatable bonds is 5. The average Bonchev–Trinajstić information content (AvgIpc) is 2.14. The number of carbonyl (C=O) groups excluding carboxylic acids is 3. The predicted octanol–water partition coefficient (Wildman–Crippen LogP) is 1.73. The fraction of sp³-hybridized carbons (Fsp3) is 0.769. The zero-order valence-electron chi connectivity index (χ0n) is 11.9. The van der Waals surface area contributed by atoms with Gasteiger partial charge >= 0.3 is 11.9 Å². The Morgan fingerprint density at radius 1 is 1.11 bits per heavy atom. The van der Waals surface area contributed by atoms with Gasteiger partial charge in [-0.1, -0.05) is 13.8 Å². The van der Waals surface area contributed by atoms with Crippen LogP contribution in [0.3, 0.4) is 0 Å². The second-order valence-corrected chi connectivity index (χ2v) is 5.34. The lowest BCUT2D eigenvalue weighted by atomic mass is 9.91. The highest BCUT2D eigenvalue weighted by Crippen LogP contribution is 2.19. The highest BCUT2D eigenvalue weighted by Gasteiger charge is 2.38. The smallest absolute Gasteiger partial charge is 0.375 e. The van der Waals surface area contributed by atoms with Crippen LogP contribution in [0.25, 0.3) is 0 Å². The van der Waals surface area contributed by atoms with E-state index >= 15 is 0 Å². The van der Waals surface area contributed by atoms with Crippen molar-refractivity contribution in [3.63, 3.8) is 0 Å². The van der Waals surface area contributed by atoms with Gasteiger partial charge in [-0.05, 0) is 33.6 Å². The minimum atomic E-state index is -1.11. The van der Waals surface area contributed by atoms with Crippen molar-refractivity contribution in [1.29, 1.82) is 0 Å². The Labute approximate surface area is 108 Å². The molecule has 0 saturated heterocycles. The quantitative estimate of drug-likeness (QED) is 0.427. The van der Waals surface area contributed by atoms with E-state index in [1.54, 1.807) is 41.5 Å². The van der Waals surface area contributed by atoms with Crippen molar-refractivity contribution < 1.29 is 23.9 Å². The number of esters is 2. The molecule has 1 atom stereocenters. The van der Waals surface area contributed by atoms with Crippen molar-refractivity contribution >= 4 is 17.7 Å². The van der Waals surface area contributed by atoms with Crippen LogP contribution in [0.4, 0.5) is 0 Å². The fourth-order valence-corrected chi connectivity index (χ4v) is 1.38. The third-order valence-electron chi connectivity index (χ3n) is 2.09. The number of hydrogen-bond acceptors (Lipinski definition) is 5. The maximum Gasteiger partial charge on any atom is 0.375 e. The van der Waals surface area contributed by atoms with E-state index in [0.717, 1.165) is 0 Å². The second kappa shape index (κ2) is 6.52. The fourth-order valence-electron chi connectivity index (χ4n) is 1.38. The molecule has 104 valence electrons. The molecule has 0 aliphatic carbocycles. The van der Waals surface area contributed by atoms with E-state index in [-0.39, 0.29) is 12.5 Å². The van der Waals surface area contributed by atoms with Gasteiger partial charge in [-0.15, -0.1) is 0 Å². The van der Waals surface area contributed by atoms with Crippen LogP contribution in [0.1, 0.15) is 41.5 Å². The molecule has 5 heteroatoms. The number of carbonyl (C=O) groups is 3. The summed E-state index contributed by atoms with van der Waals surface area (Å²) >= 11 is 0. The Bertz CT molecular complexity index is 325. The van der Waals surface area contributed by atoms with Crippen molar-refractivity contribution in [3.8, 4) is 0 Å². The van der Waals surface area contributed by atoms with Gasteiger partial charge in [-0.25, -0.2) is 4.79 Å². The molecule has 0 aromatic carbocycles. The standard InChI is InChI=1S/C13H22O5/c1-7-17-12(16)10(14)9(8(2)3)11(15)18-13(4,5)6/h8-9H,7H2,1-6H3. The van der Waals surface area contributed by atoms with Crippen LogP contribution in [0.2, 0.25) is 0 Å². The van der Waals surface area contributed by atoms with Gasteiger partial charge in [-0.2, -0.15) is 0 Å². The van der Waals surface area contributed by atoms with Gasteiger partial charge in [0.25, 0.3) is 5.78 Å². The van der Waals surface area contributed by atoms with Gasteiger partial charge in [-0.3, -0.25) is 9.59 Å². The molecule has 0 rings (SSSR count). The summed E-state index contributed by atoms with van der Waals surface area (Å²) in [6.07, 6.45) is 0. The molecular weight excluding hydrogens is 236 g/mol. The van der Waals surface area contributed by atoms with Crippen LogP contribution in [0.15, 0.2) is 0 Å². The Balaban J connectivity index is 4.92. The normalized spacial score (nSPS) is 13.1. The molecule has 0 fully saturated rings. The summed E-state index contributed by atoms with van der Waals surface area (Å²) in [6.45, 7) is 10.2. The zero-order chi connectivity index (χ0) is 14.5. The second-order valence-electron chi connectivity index (χ2n) is 5.34.